The lowest BCUT2D eigenvalue weighted by molar-refractivity contribution is 0.958. The second kappa shape index (κ2) is 5.47. The SMILES string of the molecule is Cc1sc(C(c2ccccc2)c2ccccc2)nc1N. The zero-order chi connectivity index (χ0) is 13.9. The second-order valence-corrected chi connectivity index (χ2v) is 5.98. The number of nitrogen functional groups attached to an aromatic ring is 1. The highest BCUT2D eigenvalue weighted by Gasteiger charge is 2.20. The van der Waals surface area contributed by atoms with Crippen LogP contribution >= 0.6 is 11.3 Å². The van der Waals surface area contributed by atoms with E-state index < -0.39 is 0 Å². The first-order chi connectivity index (χ1) is 9.75. The Kier molecular flexibility index (Phi) is 3.52. The zero-order valence-corrected chi connectivity index (χ0v) is 12.1. The van der Waals surface area contributed by atoms with Gasteiger partial charge in [-0.1, -0.05) is 60.7 Å². The number of aromatic nitrogens is 1. The van der Waals surface area contributed by atoms with Crippen molar-refractivity contribution in [2.24, 2.45) is 0 Å². The summed E-state index contributed by atoms with van der Waals surface area (Å²) in [4.78, 5) is 5.64. The number of anilines is 1. The Balaban J connectivity index is 2.14. The van der Waals surface area contributed by atoms with Gasteiger partial charge in [0.1, 0.15) is 10.8 Å². The molecule has 0 saturated carbocycles. The van der Waals surface area contributed by atoms with E-state index in [1.54, 1.807) is 11.3 Å². The molecule has 0 unspecified atom stereocenters. The van der Waals surface area contributed by atoms with Crippen molar-refractivity contribution in [1.82, 2.24) is 4.98 Å². The molecule has 0 aliphatic carbocycles. The maximum Gasteiger partial charge on any atom is 0.137 e. The number of aryl methyl sites for hydroxylation is 1. The molecule has 20 heavy (non-hydrogen) atoms. The van der Waals surface area contributed by atoms with Crippen molar-refractivity contribution < 1.29 is 0 Å². The van der Waals surface area contributed by atoms with E-state index in [0.29, 0.717) is 5.82 Å². The molecule has 2 nitrogen and oxygen atoms in total. The average molecular weight is 280 g/mol. The van der Waals surface area contributed by atoms with E-state index in [1.165, 1.54) is 11.1 Å². The number of benzene rings is 2. The van der Waals surface area contributed by atoms with Crippen molar-refractivity contribution >= 4 is 17.2 Å². The molecule has 2 aromatic carbocycles. The third kappa shape index (κ3) is 2.45. The minimum absolute atomic E-state index is 0.151. The van der Waals surface area contributed by atoms with E-state index in [0.717, 1.165) is 9.88 Å². The van der Waals surface area contributed by atoms with E-state index in [4.69, 9.17) is 5.73 Å². The largest absolute Gasteiger partial charge is 0.383 e. The normalized spacial score (nSPS) is 10.9. The monoisotopic (exact) mass is 280 g/mol. The molecule has 2 N–H and O–H groups in total. The van der Waals surface area contributed by atoms with Crippen LogP contribution in [0, 0.1) is 6.92 Å². The lowest BCUT2D eigenvalue weighted by Crippen LogP contribution is -2.03. The highest BCUT2D eigenvalue weighted by Crippen LogP contribution is 2.35. The minimum Gasteiger partial charge on any atom is -0.383 e. The maximum absolute atomic E-state index is 5.93. The van der Waals surface area contributed by atoms with Crippen LogP contribution in [0.3, 0.4) is 0 Å². The minimum atomic E-state index is 0.151. The molecule has 0 bridgehead atoms. The number of nitrogens with zero attached hydrogens (tertiary/aromatic N) is 1. The van der Waals surface area contributed by atoms with Crippen molar-refractivity contribution in [2.75, 3.05) is 5.73 Å². The standard InChI is InChI=1S/C17H16N2S/c1-12-16(18)19-17(20-12)15(13-8-4-2-5-9-13)14-10-6-3-7-11-14/h2-11,15H,18H2,1H3. The maximum atomic E-state index is 5.93. The van der Waals surface area contributed by atoms with Crippen LogP contribution < -0.4 is 5.73 Å². The first kappa shape index (κ1) is 12.9. The highest BCUT2D eigenvalue weighted by molar-refractivity contribution is 7.12. The van der Waals surface area contributed by atoms with E-state index >= 15 is 0 Å². The van der Waals surface area contributed by atoms with Crippen molar-refractivity contribution in [3.8, 4) is 0 Å². The summed E-state index contributed by atoms with van der Waals surface area (Å²) in [7, 11) is 0. The summed E-state index contributed by atoms with van der Waals surface area (Å²) in [5, 5.41) is 1.05. The Morgan fingerprint density at radius 1 is 0.900 bits per heavy atom. The molecule has 0 radical (unpaired) electrons. The van der Waals surface area contributed by atoms with Crippen molar-refractivity contribution in [3.05, 3.63) is 81.7 Å². The van der Waals surface area contributed by atoms with Gasteiger partial charge in [-0.15, -0.1) is 11.3 Å². The van der Waals surface area contributed by atoms with Gasteiger partial charge in [0, 0.05) is 4.88 Å². The molecule has 100 valence electrons. The molecule has 0 saturated heterocycles. The molecule has 3 heteroatoms. The van der Waals surface area contributed by atoms with Gasteiger partial charge in [0.15, 0.2) is 0 Å². The fourth-order valence-corrected chi connectivity index (χ4v) is 3.32. The van der Waals surface area contributed by atoms with Crippen LogP contribution in [0.1, 0.15) is 26.9 Å². The highest BCUT2D eigenvalue weighted by atomic mass is 32.1. The predicted octanol–water partition coefficient (Wildman–Crippen LogP) is 4.21. The first-order valence-electron chi connectivity index (χ1n) is 6.58. The molecule has 0 atom stereocenters. The smallest absolute Gasteiger partial charge is 0.137 e. The Bertz CT molecular complexity index is 631. The summed E-state index contributed by atoms with van der Waals surface area (Å²) in [6, 6.07) is 20.9. The Morgan fingerprint density at radius 2 is 1.40 bits per heavy atom. The quantitative estimate of drug-likeness (QED) is 0.780. The summed E-state index contributed by atoms with van der Waals surface area (Å²) < 4.78 is 0. The molecular weight excluding hydrogens is 264 g/mol. The summed E-state index contributed by atoms with van der Waals surface area (Å²) in [6.07, 6.45) is 0. The second-order valence-electron chi connectivity index (χ2n) is 4.75. The zero-order valence-electron chi connectivity index (χ0n) is 11.3. The number of rotatable bonds is 3. The van der Waals surface area contributed by atoms with Gasteiger partial charge >= 0.3 is 0 Å². The number of hydrogen-bond acceptors (Lipinski definition) is 3. The molecule has 0 amide bonds. The van der Waals surface area contributed by atoms with Crippen molar-refractivity contribution in [3.63, 3.8) is 0 Å². The van der Waals surface area contributed by atoms with Crippen LogP contribution in [0.25, 0.3) is 0 Å². The molecule has 0 aliphatic heterocycles. The van der Waals surface area contributed by atoms with Gasteiger partial charge < -0.3 is 5.73 Å². The lowest BCUT2D eigenvalue weighted by Gasteiger charge is -2.15. The summed E-state index contributed by atoms with van der Waals surface area (Å²) in [5.74, 6) is 0.792. The predicted molar refractivity (Wildman–Crippen MR) is 85.1 cm³/mol. The van der Waals surface area contributed by atoms with Crippen LogP contribution in [0.4, 0.5) is 5.82 Å². The summed E-state index contributed by atoms with van der Waals surface area (Å²) >= 11 is 1.68. The van der Waals surface area contributed by atoms with Gasteiger partial charge in [-0.3, -0.25) is 0 Å². The van der Waals surface area contributed by atoms with Gasteiger partial charge in [-0.2, -0.15) is 0 Å². The third-order valence-corrected chi connectivity index (χ3v) is 4.41. The molecular formula is C17H16N2S. The lowest BCUT2D eigenvalue weighted by atomic mass is 9.92. The Labute approximate surface area is 122 Å². The van der Waals surface area contributed by atoms with Crippen LogP contribution in [-0.4, -0.2) is 4.98 Å². The molecule has 3 rings (SSSR count). The van der Waals surface area contributed by atoms with E-state index in [1.807, 2.05) is 19.1 Å². The third-order valence-electron chi connectivity index (χ3n) is 3.36. The fourth-order valence-electron chi connectivity index (χ4n) is 2.32. The van der Waals surface area contributed by atoms with Crippen molar-refractivity contribution in [2.45, 2.75) is 12.8 Å². The molecule has 1 heterocycles. The number of thiazole rings is 1. The summed E-state index contributed by atoms with van der Waals surface area (Å²) in [5.41, 5.74) is 8.42. The van der Waals surface area contributed by atoms with Crippen LogP contribution in [0.2, 0.25) is 0 Å². The fraction of sp³-hybridized carbons (Fsp3) is 0.118. The Morgan fingerprint density at radius 3 is 1.80 bits per heavy atom. The van der Waals surface area contributed by atoms with E-state index in [2.05, 4.69) is 53.5 Å². The van der Waals surface area contributed by atoms with Crippen LogP contribution in [0.5, 0.6) is 0 Å². The van der Waals surface area contributed by atoms with E-state index in [-0.39, 0.29) is 5.92 Å². The van der Waals surface area contributed by atoms with Crippen LogP contribution in [-0.2, 0) is 0 Å². The van der Waals surface area contributed by atoms with Crippen LogP contribution in [0.15, 0.2) is 60.7 Å². The molecule has 0 aliphatic rings. The van der Waals surface area contributed by atoms with Gasteiger partial charge in [0.05, 0.1) is 5.92 Å². The topological polar surface area (TPSA) is 38.9 Å². The number of hydrogen-bond donors (Lipinski definition) is 1. The molecule has 0 fully saturated rings. The molecule has 0 spiro atoms. The molecule has 3 aromatic rings. The van der Waals surface area contributed by atoms with Gasteiger partial charge in [0.25, 0.3) is 0 Å². The number of nitrogens with two attached hydrogens (primary N) is 1. The Hall–Kier alpha value is -2.13. The molecule has 1 aromatic heterocycles. The average Bonchev–Trinajstić information content (AvgIpc) is 2.81. The van der Waals surface area contributed by atoms with Crippen molar-refractivity contribution in [1.29, 1.82) is 0 Å². The first-order valence-corrected chi connectivity index (χ1v) is 7.40. The van der Waals surface area contributed by atoms with Gasteiger partial charge in [-0.25, -0.2) is 4.98 Å². The van der Waals surface area contributed by atoms with E-state index in [9.17, 15) is 0 Å². The van der Waals surface area contributed by atoms with Gasteiger partial charge in [-0.05, 0) is 18.1 Å². The van der Waals surface area contributed by atoms with Gasteiger partial charge in [0.2, 0.25) is 0 Å². The summed E-state index contributed by atoms with van der Waals surface area (Å²) in [6.45, 7) is 2.02.